The van der Waals surface area contributed by atoms with E-state index in [2.05, 4.69) is 47.0 Å². The van der Waals surface area contributed by atoms with E-state index < -0.39 is 0 Å². The monoisotopic (exact) mass is 670 g/mol. The second kappa shape index (κ2) is 15.8. The molecule has 1 aromatic carbocycles. The topological polar surface area (TPSA) is 209 Å². The molecule has 1 aliphatic heterocycles. The zero-order chi connectivity index (χ0) is 34.2. The lowest BCUT2D eigenvalue weighted by molar-refractivity contribution is -0.120. The third kappa shape index (κ3) is 8.26. The van der Waals surface area contributed by atoms with Crippen LogP contribution in [0.2, 0.25) is 0 Å². The van der Waals surface area contributed by atoms with Crippen LogP contribution in [-0.4, -0.2) is 104 Å². The molecule has 5 N–H and O–H groups in total. The van der Waals surface area contributed by atoms with Crippen LogP contribution in [0.15, 0.2) is 41.3 Å². The zero-order valence-electron chi connectivity index (χ0n) is 27.7. The van der Waals surface area contributed by atoms with E-state index in [1.165, 1.54) is 6.33 Å². The number of hydrogen-bond acceptors (Lipinski definition) is 14. The lowest BCUT2D eigenvalue weighted by Gasteiger charge is -2.33. The molecule has 0 saturated carbocycles. The molecule has 4 aromatic heterocycles. The Morgan fingerprint density at radius 2 is 1.80 bits per heavy atom. The highest BCUT2D eigenvalue weighted by atomic mass is 16.5. The summed E-state index contributed by atoms with van der Waals surface area (Å²) in [6.07, 6.45) is 7.77. The third-order valence-corrected chi connectivity index (χ3v) is 8.62. The fourth-order valence-corrected chi connectivity index (χ4v) is 5.86. The predicted octanol–water partition coefficient (Wildman–Crippen LogP) is 2.70. The van der Waals surface area contributed by atoms with Gasteiger partial charge in [0.2, 0.25) is 5.95 Å². The Labute approximate surface area is 283 Å². The number of carbonyl (C=O) groups excluding carboxylic acids is 2. The number of fused-ring (bicyclic) bond motifs is 2. The second-order valence-electron chi connectivity index (χ2n) is 11.9. The number of unbranched alkanes of at least 4 members (excludes halogenated alkanes) is 2. The van der Waals surface area contributed by atoms with E-state index in [1.54, 1.807) is 18.5 Å². The van der Waals surface area contributed by atoms with Gasteiger partial charge in [0.05, 0.1) is 24.2 Å². The molecular weight excluding hydrogens is 628 g/mol. The van der Waals surface area contributed by atoms with Gasteiger partial charge in [-0.3, -0.25) is 9.59 Å². The van der Waals surface area contributed by atoms with Crippen molar-refractivity contribution in [2.75, 3.05) is 68.8 Å². The molecule has 258 valence electrons. The first-order valence-corrected chi connectivity index (χ1v) is 16.7. The Morgan fingerprint density at radius 3 is 2.59 bits per heavy atom. The van der Waals surface area contributed by atoms with Crippen molar-refractivity contribution in [3.63, 3.8) is 0 Å². The molecule has 5 aromatic rings. The van der Waals surface area contributed by atoms with Crippen molar-refractivity contribution in [3.05, 3.63) is 42.5 Å². The van der Waals surface area contributed by atoms with Crippen LogP contribution < -0.4 is 21.7 Å². The van der Waals surface area contributed by atoms with E-state index >= 15 is 0 Å². The number of Topliss-reactive ketones (excluding diaryl/α,β-unsaturated/α-hetero) is 1. The zero-order valence-corrected chi connectivity index (χ0v) is 27.7. The number of benzene rings is 1. The summed E-state index contributed by atoms with van der Waals surface area (Å²) in [5.41, 5.74) is 15.7. The molecule has 0 spiro atoms. The summed E-state index contributed by atoms with van der Waals surface area (Å²) in [6.45, 7) is 8.48. The van der Waals surface area contributed by atoms with E-state index in [-0.39, 0.29) is 17.7 Å². The highest BCUT2D eigenvalue weighted by Crippen LogP contribution is 2.32. The summed E-state index contributed by atoms with van der Waals surface area (Å²) >= 11 is 0. The van der Waals surface area contributed by atoms with Crippen LogP contribution in [0.1, 0.15) is 49.4 Å². The van der Waals surface area contributed by atoms with Gasteiger partial charge in [0.25, 0.3) is 11.9 Å². The predicted molar refractivity (Wildman–Crippen MR) is 185 cm³/mol. The van der Waals surface area contributed by atoms with Gasteiger partial charge in [-0.15, -0.1) is 0 Å². The molecule has 1 fully saturated rings. The average molecular weight is 671 g/mol. The summed E-state index contributed by atoms with van der Waals surface area (Å²) < 4.78 is 12.8. The number of carbonyl (C=O) groups is 2. The van der Waals surface area contributed by atoms with Gasteiger partial charge >= 0.3 is 0 Å². The summed E-state index contributed by atoms with van der Waals surface area (Å²) in [5, 5.41) is 8.30. The van der Waals surface area contributed by atoms with Crippen LogP contribution in [-0.2, 0) is 16.1 Å². The van der Waals surface area contributed by atoms with Gasteiger partial charge in [-0.05, 0) is 37.6 Å². The first-order chi connectivity index (χ1) is 23.9. The third-order valence-electron chi connectivity index (χ3n) is 8.62. The molecule has 0 bridgehead atoms. The van der Waals surface area contributed by atoms with Crippen molar-refractivity contribution >= 4 is 51.6 Å². The normalized spacial score (nSPS) is 13.8. The van der Waals surface area contributed by atoms with Gasteiger partial charge in [0.1, 0.15) is 29.1 Å². The minimum Gasteiger partial charge on any atom is -0.424 e. The summed E-state index contributed by atoms with van der Waals surface area (Å²) in [4.78, 5) is 51.0. The van der Waals surface area contributed by atoms with Crippen LogP contribution in [0.5, 0.6) is 0 Å². The average Bonchev–Trinajstić information content (AvgIpc) is 3.69. The molecule has 0 aliphatic carbocycles. The summed E-state index contributed by atoms with van der Waals surface area (Å²) in [5.74, 6) is 0.883. The Bertz CT molecular complexity index is 1880. The van der Waals surface area contributed by atoms with Crippen molar-refractivity contribution < 1.29 is 18.7 Å². The molecule has 1 saturated heterocycles. The molecular formula is C33H42N12O4. The number of nitrogens with one attached hydrogen (secondary N) is 1. The number of nitrogens with zero attached hydrogens (tertiary/aromatic N) is 9. The quantitative estimate of drug-likeness (QED) is 0.129. The number of anilines is 3. The highest BCUT2D eigenvalue weighted by molar-refractivity contribution is 5.99. The van der Waals surface area contributed by atoms with E-state index in [0.29, 0.717) is 84.3 Å². The Hall–Kier alpha value is -5.22. The van der Waals surface area contributed by atoms with Gasteiger partial charge in [-0.1, -0.05) is 13.3 Å². The maximum atomic E-state index is 12.5. The number of likely N-dealkylation sites (N-methyl/N-ethyl adjacent to an activating group) is 1. The molecule has 1 aliphatic rings. The van der Waals surface area contributed by atoms with Crippen molar-refractivity contribution in [2.24, 2.45) is 0 Å². The summed E-state index contributed by atoms with van der Waals surface area (Å²) in [6, 6.07) is 5.62. The number of nitrogen functional groups attached to an aromatic ring is 2. The van der Waals surface area contributed by atoms with Crippen LogP contribution in [0.3, 0.4) is 0 Å². The minimum atomic E-state index is -0.254. The number of nitrogens with two attached hydrogens (primary N) is 2. The SMILES string of the molecule is CCN1CCN(c2ncc(C(=O)NCCOCCC(=O)CCCCCn3nc(-c4ccc5oc(N)nc5c4)c4c(N)ncnc43)cn2)CC1. The molecule has 5 heterocycles. The lowest BCUT2D eigenvalue weighted by Crippen LogP contribution is -2.46. The van der Waals surface area contributed by atoms with Gasteiger partial charge in [0.15, 0.2) is 11.2 Å². The van der Waals surface area contributed by atoms with Gasteiger partial charge in [0, 0.05) is 70.1 Å². The van der Waals surface area contributed by atoms with Crippen molar-refractivity contribution in [1.82, 2.24) is 44.9 Å². The molecule has 6 rings (SSSR count). The standard InChI is InChI=1S/C33H42N12O4/c1-2-43-12-14-44(15-13-43)33-37-19-23(20-38-33)31(47)36-10-17-48-16-9-24(46)6-4-3-5-11-45-30-27(29(34)39-21-40-30)28(42-45)22-7-8-26-25(18-22)41-32(35)49-26/h7-8,18-21H,2-6,9-17H2,1H3,(H2,35,41)(H,36,47)(H2,34,39,40). The fraction of sp³-hybridized carbons (Fsp3) is 0.455. The molecule has 49 heavy (non-hydrogen) atoms. The summed E-state index contributed by atoms with van der Waals surface area (Å²) in [7, 11) is 0. The number of ketones is 1. The fourth-order valence-electron chi connectivity index (χ4n) is 5.86. The number of hydrogen-bond donors (Lipinski definition) is 3. The number of rotatable bonds is 16. The van der Waals surface area contributed by atoms with Gasteiger partial charge < -0.3 is 35.7 Å². The Kier molecular flexibility index (Phi) is 10.8. The number of oxazole rings is 1. The lowest BCUT2D eigenvalue weighted by atomic mass is 10.1. The van der Waals surface area contributed by atoms with Crippen molar-refractivity contribution in [3.8, 4) is 11.3 Å². The maximum absolute atomic E-state index is 12.5. The molecule has 0 unspecified atom stereocenters. The number of piperazine rings is 1. The molecule has 0 radical (unpaired) electrons. The van der Waals surface area contributed by atoms with Crippen LogP contribution in [0.25, 0.3) is 33.4 Å². The number of amides is 1. The maximum Gasteiger partial charge on any atom is 0.292 e. The number of aryl methyl sites for hydroxylation is 1. The van der Waals surface area contributed by atoms with E-state index in [1.807, 2.05) is 16.8 Å². The number of aromatic nitrogens is 7. The molecule has 0 atom stereocenters. The smallest absolute Gasteiger partial charge is 0.292 e. The van der Waals surface area contributed by atoms with Crippen LogP contribution in [0.4, 0.5) is 17.8 Å². The van der Waals surface area contributed by atoms with E-state index in [0.717, 1.165) is 57.5 Å². The highest BCUT2D eigenvalue weighted by Gasteiger charge is 2.19. The second-order valence-corrected chi connectivity index (χ2v) is 11.9. The first kappa shape index (κ1) is 33.7. The van der Waals surface area contributed by atoms with Crippen molar-refractivity contribution in [1.29, 1.82) is 0 Å². The number of ether oxygens (including phenoxy) is 1. The van der Waals surface area contributed by atoms with Gasteiger partial charge in [-0.25, -0.2) is 24.6 Å². The van der Waals surface area contributed by atoms with E-state index in [4.69, 9.17) is 25.7 Å². The molecule has 16 heteroatoms. The van der Waals surface area contributed by atoms with Gasteiger partial charge in [-0.2, -0.15) is 10.1 Å². The Morgan fingerprint density at radius 1 is 0.980 bits per heavy atom. The van der Waals surface area contributed by atoms with E-state index in [9.17, 15) is 9.59 Å². The minimum absolute atomic E-state index is 0.0996. The Balaban J connectivity index is 0.868. The molecule has 1 amide bonds. The molecule has 16 nitrogen and oxygen atoms in total. The van der Waals surface area contributed by atoms with Crippen molar-refractivity contribution in [2.45, 2.75) is 45.6 Å². The van der Waals surface area contributed by atoms with Crippen LogP contribution in [0, 0.1) is 0 Å². The van der Waals surface area contributed by atoms with Crippen LogP contribution >= 0.6 is 0 Å². The largest absolute Gasteiger partial charge is 0.424 e. The first-order valence-electron chi connectivity index (χ1n) is 16.7.